The minimum atomic E-state index is -3.23. The van der Waals surface area contributed by atoms with Crippen molar-refractivity contribution in [1.29, 1.82) is 0 Å². The first-order chi connectivity index (χ1) is 11.3. The highest BCUT2D eigenvalue weighted by atomic mass is 79.9. The average Bonchev–Trinajstić information content (AvgIpc) is 2.52. The largest absolute Gasteiger partial charge is 0.455 e. The summed E-state index contributed by atoms with van der Waals surface area (Å²) >= 11 is 3.30. The summed E-state index contributed by atoms with van der Waals surface area (Å²) in [5.41, 5.74) is 0.604. The third kappa shape index (κ3) is 5.57. The van der Waals surface area contributed by atoms with Crippen LogP contribution in [-0.2, 0) is 24.3 Å². The Balaban J connectivity index is 1.76. The van der Waals surface area contributed by atoms with Crippen LogP contribution < -0.4 is 5.32 Å². The number of halogens is 1. The van der Waals surface area contributed by atoms with Gasteiger partial charge in [0.2, 0.25) is 10.0 Å². The Morgan fingerprint density at radius 2 is 2.00 bits per heavy atom. The van der Waals surface area contributed by atoms with Gasteiger partial charge in [0.25, 0.3) is 5.91 Å². The van der Waals surface area contributed by atoms with Gasteiger partial charge in [-0.25, -0.2) is 12.7 Å². The van der Waals surface area contributed by atoms with Crippen molar-refractivity contribution in [3.05, 3.63) is 28.7 Å². The molecule has 0 atom stereocenters. The van der Waals surface area contributed by atoms with E-state index in [1.165, 1.54) is 4.31 Å². The molecule has 1 fully saturated rings. The van der Waals surface area contributed by atoms with E-state index >= 15 is 0 Å². The Kier molecular flexibility index (Phi) is 6.36. The van der Waals surface area contributed by atoms with E-state index in [9.17, 15) is 18.0 Å². The summed E-state index contributed by atoms with van der Waals surface area (Å²) in [5.74, 6) is -1.26. The molecular formula is C15H19BrN2O5S. The Hall–Kier alpha value is -1.45. The van der Waals surface area contributed by atoms with E-state index in [1.54, 1.807) is 18.2 Å². The van der Waals surface area contributed by atoms with E-state index < -0.39 is 21.9 Å². The van der Waals surface area contributed by atoms with E-state index in [-0.39, 0.29) is 12.5 Å². The lowest BCUT2D eigenvalue weighted by molar-refractivity contribution is -0.152. The van der Waals surface area contributed by atoms with Crippen molar-refractivity contribution >= 4 is 43.5 Å². The molecule has 0 aromatic heterocycles. The molecule has 0 unspecified atom stereocenters. The van der Waals surface area contributed by atoms with Crippen molar-refractivity contribution in [3.8, 4) is 0 Å². The molecule has 0 radical (unpaired) electrons. The number of hydrogen-bond acceptors (Lipinski definition) is 5. The van der Waals surface area contributed by atoms with Crippen LogP contribution in [0.4, 0.5) is 5.69 Å². The number of amides is 1. The minimum absolute atomic E-state index is 0.294. The molecule has 7 nitrogen and oxygen atoms in total. The Morgan fingerprint density at radius 1 is 1.33 bits per heavy atom. The quantitative estimate of drug-likeness (QED) is 0.732. The molecular weight excluding hydrogens is 400 g/mol. The molecule has 0 bridgehead atoms. The highest BCUT2D eigenvalue weighted by Gasteiger charge is 2.30. The number of carbonyl (C=O) groups excluding carboxylic acids is 2. The number of ether oxygens (including phenoxy) is 1. The highest BCUT2D eigenvalue weighted by Crippen LogP contribution is 2.20. The SMILES string of the molecule is CS(=O)(=O)N1CCC(C(=O)OCC(=O)Nc2cccc(Br)c2)CC1. The summed E-state index contributed by atoms with van der Waals surface area (Å²) in [7, 11) is -3.23. The Labute approximate surface area is 149 Å². The van der Waals surface area contributed by atoms with Crippen LogP contribution in [0.3, 0.4) is 0 Å². The summed E-state index contributed by atoms with van der Waals surface area (Å²) in [6, 6.07) is 7.08. The van der Waals surface area contributed by atoms with E-state index in [0.29, 0.717) is 31.6 Å². The van der Waals surface area contributed by atoms with E-state index in [1.807, 2.05) is 6.07 Å². The van der Waals surface area contributed by atoms with Gasteiger partial charge in [-0.1, -0.05) is 22.0 Å². The number of nitrogens with one attached hydrogen (secondary N) is 1. The van der Waals surface area contributed by atoms with Gasteiger partial charge >= 0.3 is 5.97 Å². The molecule has 0 spiro atoms. The monoisotopic (exact) mass is 418 g/mol. The lowest BCUT2D eigenvalue weighted by Crippen LogP contribution is -2.40. The number of hydrogen-bond donors (Lipinski definition) is 1. The Morgan fingerprint density at radius 3 is 2.58 bits per heavy atom. The van der Waals surface area contributed by atoms with E-state index in [0.717, 1.165) is 10.7 Å². The number of benzene rings is 1. The van der Waals surface area contributed by atoms with Gasteiger partial charge in [-0.15, -0.1) is 0 Å². The van der Waals surface area contributed by atoms with Crippen molar-refractivity contribution in [2.75, 3.05) is 31.3 Å². The van der Waals surface area contributed by atoms with Crippen LogP contribution >= 0.6 is 15.9 Å². The van der Waals surface area contributed by atoms with Crippen molar-refractivity contribution in [3.63, 3.8) is 0 Å². The normalized spacial score (nSPS) is 16.6. The number of piperidine rings is 1. The van der Waals surface area contributed by atoms with Crippen LogP contribution in [0.1, 0.15) is 12.8 Å². The molecule has 1 heterocycles. The van der Waals surface area contributed by atoms with Gasteiger partial charge < -0.3 is 10.1 Å². The maximum atomic E-state index is 12.0. The third-order valence-electron chi connectivity index (χ3n) is 3.71. The molecule has 1 aromatic carbocycles. The van der Waals surface area contributed by atoms with Crippen molar-refractivity contribution in [2.45, 2.75) is 12.8 Å². The van der Waals surface area contributed by atoms with Crippen LogP contribution in [-0.4, -0.2) is 50.6 Å². The first-order valence-corrected chi connectivity index (χ1v) is 10.1. The van der Waals surface area contributed by atoms with Gasteiger partial charge in [0.05, 0.1) is 12.2 Å². The van der Waals surface area contributed by atoms with Crippen LogP contribution in [0, 0.1) is 5.92 Å². The molecule has 1 aromatic rings. The molecule has 1 saturated heterocycles. The standard InChI is InChI=1S/C15H19BrN2O5S/c1-24(21,22)18-7-5-11(6-8-18)15(20)23-10-14(19)17-13-4-2-3-12(16)9-13/h2-4,9,11H,5-8,10H2,1H3,(H,17,19). The summed E-state index contributed by atoms with van der Waals surface area (Å²) < 4.78 is 30.1. The molecule has 1 N–H and O–H groups in total. The van der Waals surface area contributed by atoms with Crippen LogP contribution in [0.2, 0.25) is 0 Å². The summed E-state index contributed by atoms with van der Waals surface area (Å²) in [4.78, 5) is 23.8. The van der Waals surface area contributed by atoms with Crippen LogP contribution in [0.25, 0.3) is 0 Å². The number of sulfonamides is 1. The second-order valence-electron chi connectivity index (χ2n) is 5.60. The number of esters is 1. The van der Waals surface area contributed by atoms with Gasteiger partial charge in [0, 0.05) is 23.2 Å². The molecule has 1 aliphatic heterocycles. The van der Waals surface area contributed by atoms with Gasteiger partial charge in [-0.3, -0.25) is 9.59 Å². The minimum Gasteiger partial charge on any atom is -0.455 e. The Bertz CT molecular complexity index is 714. The van der Waals surface area contributed by atoms with Crippen molar-refractivity contribution < 1.29 is 22.7 Å². The fraction of sp³-hybridized carbons (Fsp3) is 0.467. The smallest absolute Gasteiger partial charge is 0.309 e. The maximum absolute atomic E-state index is 12.0. The predicted molar refractivity (Wildman–Crippen MR) is 92.9 cm³/mol. The zero-order chi connectivity index (χ0) is 17.7. The fourth-order valence-electron chi connectivity index (χ4n) is 2.44. The van der Waals surface area contributed by atoms with Crippen LogP contribution in [0.5, 0.6) is 0 Å². The van der Waals surface area contributed by atoms with Gasteiger partial charge in [0.15, 0.2) is 6.61 Å². The fourth-order valence-corrected chi connectivity index (χ4v) is 3.71. The number of rotatable bonds is 5. The molecule has 2 rings (SSSR count). The lowest BCUT2D eigenvalue weighted by atomic mass is 9.98. The predicted octanol–water partition coefficient (Wildman–Crippen LogP) is 1.60. The van der Waals surface area contributed by atoms with Gasteiger partial charge in [-0.05, 0) is 31.0 Å². The summed E-state index contributed by atoms with van der Waals surface area (Å²) in [5, 5.41) is 2.63. The molecule has 1 amide bonds. The average molecular weight is 419 g/mol. The summed E-state index contributed by atoms with van der Waals surface area (Å²) in [6.07, 6.45) is 1.95. The number of anilines is 1. The van der Waals surface area contributed by atoms with Gasteiger partial charge in [-0.2, -0.15) is 0 Å². The number of nitrogens with zero attached hydrogens (tertiary/aromatic N) is 1. The molecule has 9 heteroatoms. The second-order valence-corrected chi connectivity index (χ2v) is 8.50. The topological polar surface area (TPSA) is 92.8 Å². The van der Waals surface area contributed by atoms with E-state index in [2.05, 4.69) is 21.2 Å². The maximum Gasteiger partial charge on any atom is 0.309 e. The van der Waals surface area contributed by atoms with Gasteiger partial charge in [0.1, 0.15) is 0 Å². The zero-order valence-electron chi connectivity index (χ0n) is 13.2. The van der Waals surface area contributed by atoms with E-state index in [4.69, 9.17) is 4.74 Å². The lowest BCUT2D eigenvalue weighted by Gasteiger charge is -2.28. The van der Waals surface area contributed by atoms with Crippen LogP contribution in [0.15, 0.2) is 28.7 Å². The first kappa shape index (κ1) is 18.9. The second kappa shape index (κ2) is 8.09. The molecule has 132 valence electrons. The molecule has 0 aliphatic carbocycles. The molecule has 0 saturated carbocycles. The first-order valence-electron chi connectivity index (χ1n) is 7.43. The molecule has 1 aliphatic rings. The third-order valence-corrected chi connectivity index (χ3v) is 5.51. The van der Waals surface area contributed by atoms with Crippen molar-refractivity contribution in [1.82, 2.24) is 4.31 Å². The zero-order valence-corrected chi connectivity index (χ0v) is 15.6. The number of carbonyl (C=O) groups is 2. The highest BCUT2D eigenvalue weighted by molar-refractivity contribution is 9.10. The van der Waals surface area contributed by atoms with Crippen molar-refractivity contribution in [2.24, 2.45) is 5.92 Å². The molecule has 24 heavy (non-hydrogen) atoms. The summed E-state index contributed by atoms with van der Waals surface area (Å²) in [6.45, 7) is 0.226.